The number of aromatic nitrogens is 2. The Bertz CT molecular complexity index is 4790. The van der Waals surface area contributed by atoms with Crippen molar-refractivity contribution in [2.75, 3.05) is 13.2 Å². The van der Waals surface area contributed by atoms with Crippen LogP contribution in [0.15, 0.2) is 156 Å². The first-order valence-electron chi connectivity index (χ1n) is 36.6. The predicted molar refractivity (Wildman–Crippen MR) is 403 cm³/mol. The van der Waals surface area contributed by atoms with Crippen molar-refractivity contribution in [3.05, 3.63) is 179 Å². The standard InChI is InChI=1S/C86H98F8N4O6/c1-13-17-23-55(15-3)49-97-74-39-33-59(73(95-101)41-53(5)47-81(7,8)9)43-67(74)71-46-72(64-26-20-22-28-66(64)79(71)97)80(100)58-31-37-62(38-32-58)104-52-84(89,90)86(93,94)85(91,92)83(87,88)51-103-61-35-29-57(30-36-61)77(96-102)69-45-70-68-44-60(76(99)42-54(6)48-82(10,11)12)34-40-75(68)98(50-56(16-4)24-18-14-2)78(70)65-27-21-19-25-63(65)69/h19-22,25-40,43-46,53-56,101-102H,13-18,23-24,41-42,47-52H2,1-12H3. The SMILES string of the molecule is CCCCC(CC)Cn1c2ccc(C(CC(C)CC(C)(C)C)=NO)cc2c2cc(C(=O)c3ccc(OCC(F)(F)C(F)(F)C(F)(F)C(F)(F)COc4ccc(C(=NO)c5cc6c7cc(C(=O)CC(C)CC(C)(C)C)ccc7n(CC(CC)CCCC)c6c6ccccc56)cc4)cc3)c3ccccc3c21. The molecule has 4 unspecified atom stereocenters. The Labute approximate surface area is 604 Å². The number of halogens is 8. The second-order valence-electron chi connectivity index (χ2n) is 31.3. The Morgan fingerprint density at radius 2 is 0.865 bits per heavy atom. The molecule has 2 heterocycles. The second kappa shape index (κ2) is 31.5. The van der Waals surface area contributed by atoms with Crippen LogP contribution in [0.25, 0.3) is 65.2 Å². The van der Waals surface area contributed by atoms with Crippen LogP contribution in [0.3, 0.4) is 0 Å². The van der Waals surface area contributed by atoms with E-state index in [2.05, 4.69) is 103 Å². The van der Waals surface area contributed by atoms with Crippen molar-refractivity contribution in [2.45, 2.75) is 197 Å². The van der Waals surface area contributed by atoms with E-state index < -0.39 is 54.2 Å². The lowest BCUT2D eigenvalue weighted by Crippen LogP contribution is -2.65. The molecule has 0 spiro atoms. The van der Waals surface area contributed by atoms with Crippen molar-refractivity contribution in [1.82, 2.24) is 9.13 Å². The van der Waals surface area contributed by atoms with Gasteiger partial charge in [0.05, 0.1) is 16.7 Å². The van der Waals surface area contributed by atoms with E-state index in [1.54, 1.807) is 12.1 Å². The number of fused-ring (bicyclic) bond motifs is 10. The predicted octanol–water partition coefficient (Wildman–Crippen LogP) is 24.4. The monoisotopic (exact) mass is 1430 g/mol. The second-order valence-corrected chi connectivity index (χ2v) is 31.3. The highest BCUT2D eigenvalue weighted by atomic mass is 19.4. The molecule has 0 saturated heterocycles. The Morgan fingerprint density at radius 1 is 0.462 bits per heavy atom. The number of ether oxygens (including phenoxy) is 2. The molecule has 0 aliphatic carbocycles. The van der Waals surface area contributed by atoms with Crippen molar-refractivity contribution < 1.29 is 64.6 Å². The number of hydrogen-bond acceptors (Lipinski definition) is 8. The van der Waals surface area contributed by atoms with Gasteiger partial charge in [-0.25, -0.2) is 0 Å². The third-order valence-corrected chi connectivity index (χ3v) is 20.5. The summed E-state index contributed by atoms with van der Waals surface area (Å²) in [5, 5.41) is 34.7. The first-order chi connectivity index (χ1) is 49.2. The molecule has 10 nitrogen and oxygen atoms in total. The van der Waals surface area contributed by atoms with Crippen molar-refractivity contribution in [2.24, 2.45) is 44.8 Å². The third kappa shape index (κ3) is 16.3. The fraction of sp³-hybridized carbons (Fsp3) is 0.442. The van der Waals surface area contributed by atoms with E-state index in [0.29, 0.717) is 65.4 Å². The Morgan fingerprint density at radius 3 is 1.30 bits per heavy atom. The van der Waals surface area contributed by atoms with E-state index >= 15 is 35.1 Å². The van der Waals surface area contributed by atoms with Crippen molar-refractivity contribution in [3.63, 3.8) is 0 Å². The molecule has 18 heteroatoms. The zero-order valence-corrected chi connectivity index (χ0v) is 61.8. The molecular weight excluding hydrogens is 1340 g/mol. The zero-order chi connectivity index (χ0) is 75.4. The van der Waals surface area contributed by atoms with Gasteiger partial charge in [-0.1, -0.05) is 187 Å². The lowest BCUT2D eigenvalue weighted by Gasteiger charge is -2.36. The topological polar surface area (TPSA) is 128 Å². The van der Waals surface area contributed by atoms with Crippen LogP contribution in [0.1, 0.15) is 203 Å². The summed E-state index contributed by atoms with van der Waals surface area (Å²) in [6, 6.07) is 39.6. The number of unbranched alkanes of at least 4 members (excludes halogenated alkanes) is 2. The highest BCUT2D eigenvalue weighted by Gasteiger charge is 2.81. The molecule has 0 fully saturated rings. The van der Waals surface area contributed by atoms with E-state index in [4.69, 9.17) is 9.47 Å². The molecule has 0 amide bonds. The number of oxime groups is 2. The summed E-state index contributed by atoms with van der Waals surface area (Å²) in [5.74, 6) is -25.8. The van der Waals surface area contributed by atoms with Gasteiger partial charge in [-0.05, 0) is 168 Å². The quantitative estimate of drug-likeness (QED) is 0.0139. The van der Waals surface area contributed by atoms with Gasteiger partial charge in [-0.3, -0.25) is 9.59 Å². The average molecular weight is 1440 g/mol. The normalized spacial score (nSPS) is 14.5. The summed E-state index contributed by atoms with van der Waals surface area (Å²) >= 11 is 0. The lowest BCUT2D eigenvalue weighted by molar-refractivity contribution is -0.371. The van der Waals surface area contributed by atoms with E-state index in [9.17, 15) is 20.0 Å². The Kier molecular flexibility index (Phi) is 23.6. The van der Waals surface area contributed by atoms with E-state index in [1.165, 1.54) is 24.3 Å². The van der Waals surface area contributed by atoms with Crippen LogP contribution in [-0.4, -0.2) is 79.4 Å². The van der Waals surface area contributed by atoms with Crippen LogP contribution in [0.4, 0.5) is 35.1 Å². The molecule has 0 saturated carbocycles. The maximum atomic E-state index is 15.6. The smallest absolute Gasteiger partial charge is 0.381 e. The molecule has 4 atom stereocenters. The molecule has 0 aliphatic heterocycles. The number of alkyl halides is 8. The highest BCUT2D eigenvalue weighted by molar-refractivity contribution is 6.28. The average Bonchev–Trinajstić information content (AvgIpc) is 1.52. The van der Waals surface area contributed by atoms with E-state index in [0.717, 1.165) is 148 Å². The molecule has 10 aromatic rings. The van der Waals surface area contributed by atoms with Crippen LogP contribution in [0.5, 0.6) is 11.5 Å². The van der Waals surface area contributed by atoms with Gasteiger partial charge >= 0.3 is 23.7 Å². The summed E-state index contributed by atoms with van der Waals surface area (Å²) < 4.78 is 139. The van der Waals surface area contributed by atoms with Crippen molar-refractivity contribution >= 4 is 88.1 Å². The Hall–Kier alpha value is -8.80. The number of carbonyl (C=O) groups is 2. The third-order valence-electron chi connectivity index (χ3n) is 20.5. The van der Waals surface area contributed by atoms with Crippen LogP contribution >= 0.6 is 0 Å². The first kappa shape index (κ1) is 77.8. The van der Waals surface area contributed by atoms with Crippen LogP contribution in [0.2, 0.25) is 0 Å². The number of Topliss-reactive ketones (excluding diaryl/α,β-unsaturated/α-hetero) is 1. The van der Waals surface area contributed by atoms with Gasteiger partial charge < -0.3 is 29.0 Å². The molecule has 10 rings (SSSR count). The number of carbonyl (C=O) groups excluding carboxylic acids is 2. The number of benzene rings is 8. The summed E-state index contributed by atoms with van der Waals surface area (Å²) in [6.45, 7) is 22.2. The molecular formula is C86H98F8N4O6. The van der Waals surface area contributed by atoms with Gasteiger partial charge in [0.1, 0.15) is 17.2 Å². The van der Waals surface area contributed by atoms with Crippen molar-refractivity contribution in [3.8, 4) is 11.5 Å². The number of nitrogens with zero attached hydrogens (tertiary/aromatic N) is 4. The molecule has 0 bridgehead atoms. The maximum Gasteiger partial charge on any atom is 0.381 e. The zero-order valence-electron chi connectivity index (χ0n) is 61.8. The maximum absolute atomic E-state index is 15.6. The fourth-order valence-corrected chi connectivity index (χ4v) is 15.4. The van der Waals surface area contributed by atoms with Gasteiger partial charge in [0.2, 0.25) is 0 Å². The minimum Gasteiger partial charge on any atom is -0.487 e. The minimum absolute atomic E-state index is 0.00454. The van der Waals surface area contributed by atoms with Gasteiger partial charge in [-0.15, -0.1) is 0 Å². The van der Waals surface area contributed by atoms with Gasteiger partial charge in [0, 0.05) is 96.2 Å². The molecule has 2 aromatic heterocycles. The fourth-order valence-electron chi connectivity index (χ4n) is 15.4. The number of rotatable bonds is 33. The van der Waals surface area contributed by atoms with Gasteiger partial charge in [-0.2, -0.15) is 35.1 Å². The molecule has 8 aromatic carbocycles. The van der Waals surface area contributed by atoms with Gasteiger partial charge in [0.25, 0.3) is 0 Å². The molecule has 554 valence electrons. The van der Waals surface area contributed by atoms with E-state index in [1.807, 2.05) is 84.9 Å². The van der Waals surface area contributed by atoms with Gasteiger partial charge in [0.15, 0.2) is 24.8 Å². The first-order valence-corrected chi connectivity index (χ1v) is 36.6. The summed E-state index contributed by atoms with van der Waals surface area (Å²) in [7, 11) is 0. The van der Waals surface area contributed by atoms with Crippen molar-refractivity contribution in [1.29, 1.82) is 0 Å². The Balaban J connectivity index is 0.866. The minimum atomic E-state index is -6.71. The molecule has 104 heavy (non-hydrogen) atoms. The summed E-state index contributed by atoms with van der Waals surface area (Å²) in [5.41, 5.74) is 6.45. The molecule has 2 N–H and O–H groups in total. The molecule has 0 radical (unpaired) electrons. The highest BCUT2D eigenvalue weighted by Crippen LogP contribution is 2.53. The summed E-state index contributed by atoms with van der Waals surface area (Å²) in [6.07, 6.45) is 10.7. The van der Waals surface area contributed by atoms with Crippen LogP contribution < -0.4 is 9.47 Å². The largest absolute Gasteiger partial charge is 0.487 e. The lowest BCUT2D eigenvalue weighted by atomic mass is 9.82. The summed E-state index contributed by atoms with van der Waals surface area (Å²) in [4.78, 5) is 28.8. The number of ketones is 2. The number of hydrogen-bond donors (Lipinski definition) is 2. The molecule has 0 aliphatic rings. The van der Waals surface area contributed by atoms with E-state index in [-0.39, 0.29) is 50.9 Å². The van der Waals surface area contributed by atoms with Crippen LogP contribution in [0, 0.1) is 34.5 Å². The van der Waals surface area contributed by atoms with Crippen LogP contribution in [-0.2, 0) is 13.1 Å².